The molecule has 0 unspecified atom stereocenters. The fourth-order valence-corrected chi connectivity index (χ4v) is 27.5. The lowest BCUT2D eigenvalue weighted by molar-refractivity contribution is -0.197. The van der Waals surface area contributed by atoms with Crippen molar-refractivity contribution >= 4 is 33.3 Å². The van der Waals surface area contributed by atoms with Crippen LogP contribution in [0.2, 0.25) is 0 Å². The summed E-state index contributed by atoms with van der Waals surface area (Å²) >= 11 is 0. The van der Waals surface area contributed by atoms with Crippen LogP contribution in [0.25, 0.3) is 0 Å². The van der Waals surface area contributed by atoms with Crippen molar-refractivity contribution in [3.8, 4) is 0 Å². The first-order chi connectivity index (χ1) is 38.3. The summed E-state index contributed by atoms with van der Waals surface area (Å²) in [5.41, 5.74) is 9.63. The first kappa shape index (κ1) is 56.9. The zero-order valence-corrected chi connectivity index (χ0v) is 50.1. The third-order valence-corrected chi connectivity index (χ3v) is 29.1. The van der Waals surface area contributed by atoms with Gasteiger partial charge in [-0.05, 0) is 198 Å². The van der Waals surface area contributed by atoms with E-state index in [1.165, 1.54) is 44.1 Å². The topological polar surface area (TPSA) is 239 Å². The van der Waals surface area contributed by atoms with Gasteiger partial charge in [-0.1, -0.05) is 77.5 Å². The van der Waals surface area contributed by atoms with Crippen molar-refractivity contribution in [1.29, 1.82) is 0 Å². The molecule has 23 atom stereocenters. The van der Waals surface area contributed by atoms with E-state index in [0.717, 1.165) is 69.5 Å². The van der Waals surface area contributed by atoms with Gasteiger partial charge >= 0.3 is 0 Å². The Bertz CT molecular complexity index is 2680. The number of guanidine groups is 1. The molecule has 80 heavy (non-hydrogen) atoms. The van der Waals surface area contributed by atoms with E-state index in [-0.39, 0.29) is 84.4 Å². The van der Waals surface area contributed by atoms with Gasteiger partial charge in [0.25, 0.3) is 0 Å². The van der Waals surface area contributed by atoms with Crippen molar-refractivity contribution in [3.05, 3.63) is 52.7 Å². The summed E-state index contributed by atoms with van der Waals surface area (Å²) in [4.78, 5) is 25.3. The number of aliphatic imine (C=N–C) groups is 1. The van der Waals surface area contributed by atoms with Crippen molar-refractivity contribution < 1.29 is 40.5 Å². The molecule has 9 fully saturated rings. The average Bonchev–Trinajstić information content (AvgIpc) is 3.60. The number of carbonyl (C=O) groups excluding carboxylic acids is 1. The van der Waals surface area contributed by atoms with Crippen molar-refractivity contribution in [1.82, 2.24) is 20.2 Å². The molecule has 1 aliphatic heterocycles. The molecule has 11 aliphatic carbocycles. The van der Waals surface area contributed by atoms with Gasteiger partial charge in [0.2, 0.25) is 0 Å². The molecule has 442 valence electrons. The molecular weight excluding hydrogens is 1040 g/mol. The van der Waals surface area contributed by atoms with Gasteiger partial charge in [0, 0.05) is 83.6 Å². The Morgan fingerprint density at radius 3 is 2.54 bits per heavy atom. The minimum Gasteiger partial charge on any atom is -0.396 e. The molecule has 16 heteroatoms. The van der Waals surface area contributed by atoms with Gasteiger partial charge in [-0.15, -0.1) is 0 Å². The molecule has 8 saturated carbocycles. The molecule has 6 bridgehead atoms. The van der Waals surface area contributed by atoms with E-state index in [1.54, 1.807) is 36.8 Å². The number of aliphatic hydroxyl groups excluding tert-OH is 6. The number of nitrogens with one attached hydrogen (secondary N) is 2. The highest BCUT2D eigenvalue weighted by Gasteiger charge is 2.78. The lowest BCUT2D eigenvalue weighted by Crippen LogP contribution is -2.70. The first-order valence-electron chi connectivity index (χ1n) is 31.7. The Balaban J connectivity index is 1.05. The van der Waals surface area contributed by atoms with Crippen LogP contribution in [0.15, 0.2) is 57.7 Å². The summed E-state index contributed by atoms with van der Waals surface area (Å²) in [6, 6.07) is 0.0741. The number of nitrogens with two attached hydrogens (primary N) is 1. The van der Waals surface area contributed by atoms with Crippen LogP contribution >= 0.6 is 21.6 Å². The van der Waals surface area contributed by atoms with Gasteiger partial charge in [-0.25, -0.2) is 4.98 Å². The number of imidazole rings is 1. The summed E-state index contributed by atoms with van der Waals surface area (Å²) in [5, 5.41) is 94.5. The molecule has 1 aromatic rings. The Labute approximate surface area is 483 Å². The van der Waals surface area contributed by atoms with Crippen LogP contribution in [0.4, 0.5) is 0 Å². The van der Waals surface area contributed by atoms with Crippen molar-refractivity contribution in [3.63, 3.8) is 0 Å². The van der Waals surface area contributed by atoms with E-state index < -0.39 is 75.3 Å². The SMILES string of the molecule is CNC[C@H]1[C@@H](O)[C@@H](O)C[C@]2(C)[C@@H]3C(=CC(=O)[C@H]12)[C@]1(O)[C@@H]2C[C@H]([C@@H]4C[C@H]5CCCC6=C5[C@H](C(=C5C[C@H]7CC[C@@H]8CCC[C@@]8(C7)[C@H]65)C(C)(C)C[C@H](n5ccnc5)CSS[C@@]25CCC[C@@H]5CCO)[C@H]4O)[C@@]1(CO)C[C@H]3CN=C(N)N[C@@H](C)O. The zero-order valence-electron chi connectivity index (χ0n) is 48.4. The van der Waals surface area contributed by atoms with Crippen LogP contribution in [0.3, 0.4) is 0 Å². The van der Waals surface area contributed by atoms with Crippen LogP contribution in [-0.2, 0) is 4.79 Å². The van der Waals surface area contributed by atoms with Crippen LogP contribution in [0.1, 0.15) is 156 Å². The Morgan fingerprint density at radius 1 is 0.975 bits per heavy atom. The lowest BCUT2D eigenvalue weighted by atomic mass is 9.40. The Kier molecular flexibility index (Phi) is 14.7. The third kappa shape index (κ3) is 8.16. The second-order valence-electron chi connectivity index (χ2n) is 29.6. The number of aliphatic hydroxyl groups is 7. The molecule has 1 aromatic heterocycles. The maximum absolute atomic E-state index is 15.7. The summed E-state index contributed by atoms with van der Waals surface area (Å²) in [5.74, 6) is -0.756. The number of hydrogen-bond acceptors (Lipinski definition) is 13. The predicted molar refractivity (Wildman–Crippen MR) is 313 cm³/mol. The van der Waals surface area contributed by atoms with Crippen LogP contribution in [-0.4, -0.2) is 131 Å². The number of rotatable bonds is 9. The quantitative estimate of drug-likeness (QED) is 0.0379. The average molecular weight is 1140 g/mol. The lowest BCUT2D eigenvalue weighted by Gasteiger charge is -2.66. The van der Waals surface area contributed by atoms with Crippen LogP contribution < -0.4 is 16.4 Å². The molecule has 0 aromatic carbocycles. The van der Waals surface area contributed by atoms with Crippen LogP contribution in [0, 0.1) is 98.6 Å². The van der Waals surface area contributed by atoms with E-state index in [4.69, 9.17) is 10.7 Å². The van der Waals surface area contributed by atoms with Crippen molar-refractivity contribution in [2.24, 2.45) is 109 Å². The number of hydrogen-bond donors (Lipinski definition) is 10. The fourth-order valence-electron chi connectivity index (χ4n) is 23.5. The molecule has 11 N–H and O–H groups in total. The van der Waals surface area contributed by atoms with E-state index in [1.807, 2.05) is 34.1 Å². The minimum absolute atomic E-state index is 0.00526. The van der Waals surface area contributed by atoms with E-state index in [9.17, 15) is 30.6 Å². The number of aromatic nitrogens is 2. The first-order valence-corrected chi connectivity index (χ1v) is 34.0. The zero-order chi connectivity index (χ0) is 56.1. The van der Waals surface area contributed by atoms with E-state index in [0.29, 0.717) is 43.2 Å². The number of fused-ring (bicyclic) bond motifs is 15. The smallest absolute Gasteiger partial charge is 0.190 e. The second kappa shape index (κ2) is 20.7. The maximum Gasteiger partial charge on any atom is 0.190 e. The highest BCUT2D eigenvalue weighted by molar-refractivity contribution is 8.77. The molecular formula is C64H96N6O8S2. The molecule has 0 radical (unpaired) electrons. The highest BCUT2D eigenvalue weighted by Crippen LogP contribution is 2.78. The summed E-state index contributed by atoms with van der Waals surface area (Å²) < 4.78 is 1.73. The van der Waals surface area contributed by atoms with Gasteiger partial charge in [0.15, 0.2) is 11.7 Å². The number of nitrogens with zero attached hydrogens (tertiary/aromatic N) is 3. The monoisotopic (exact) mass is 1140 g/mol. The van der Waals surface area contributed by atoms with Gasteiger partial charge in [0.05, 0.1) is 36.8 Å². The maximum atomic E-state index is 15.7. The summed E-state index contributed by atoms with van der Waals surface area (Å²) in [6.45, 7) is 8.81. The standard InChI is InChI=1S/C64H96N6O8S2/c1-34(73)69-58(65)68-29-37-26-62(32-72)45-24-49(64(62,78)46-23-47(74)54-44(30-66-5)56(76)48(75)28-60(54,4)52(37)46)63(17-8-11-39(63)15-20-71)80-79-31-40(70-19-18-67-33-70)27-59(2,3)55-43-21-35-13-14-38-10-7-16-61(38,25-35)53(43)41-12-6-9-36-22-42(45)57(77)51(55)50(36)41/h18-19,23,33-40,42,44-45,48-49,51-54,56-57,66,71-73,75-78H,6-17,20-22,24-32H2,1-5H3,(H3,65,68,69)/t34-,35-,36-,37+,38+,39-,40+,42+,44-,45-,48+,49-,51-,52+,53-,54+,56-,57+,60-,61+,62+,63-,64+/m1/s1. The third-order valence-electron chi connectivity index (χ3n) is 25.7. The minimum atomic E-state index is -1.76. The van der Waals surface area contributed by atoms with Gasteiger partial charge < -0.3 is 56.7 Å². The van der Waals surface area contributed by atoms with Crippen molar-refractivity contribution in [2.75, 3.05) is 39.1 Å². The molecule has 1 saturated heterocycles. The normalized spacial score (nSPS) is 48.8. The largest absolute Gasteiger partial charge is 0.396 e. The number of carbonyl (C=O) groups is 1. The number of allylic oxidation sites excluding steroid dienone is 3. The summed E-state index contributed by atoms with van der Waals surface area (Å²) in [7, 11) is 5.60. The molecule has 13 rings (SSSR count). The Hall–Kier alpha value is -2.25. The fraction of sp³-hybridized carbons (Fsp3) is 0.828. The molecule has 2 heterocycles. The van der Waals surface area contributed by atoms with E-state index >= 15 is 9.90 Å². The number of ketones is 1. The van der Waals surface area contributed by atoms with Gasteiger partial charge in [0.1, 0.15) is 6.23 Å². The second-order valence-corrected chi connectivity index (χ2v) is 32.3. The summed E-state index contributed by atoms with van der Waals surface area (Å²) in [6.07, 6.45) is 21.9. The Morgan fingerprint density at radius 2 is 1.79 bits per heavy atom. The molecule has 2 spiro atoms. The highest BCUT2D eigenvalue weighted by atomic mass is 33.1. The van der Waals surface area contributed by atoms with Crippen LogP contribution in [0.5, 0.6) is 0 Å². The molecule has 0 amide bonds. The predicted octanol–water partition coefficient (Wildman–Crippen LogP) is 7.48. The van der Waals surface area contributed by atoms with E-state index in [2.05, 4.69) is 47.2 Å². The van der Waals surface area contributed by atoms with Gasteiger partial charge in [-0.3, -0.25) is 9.79 Å². The van der Waals surface area contributed by atoms with Crippen molar-refractivity contribution in [2.45, 2.75) is 191 Å². The van der Waals surface area contributed by atoms with Gasteiger partial charge in [-0.2, -0.15) is 0 Å². The molecule has 14 nitrogen and oxygen atoms in total. The molecule has 12 aliphatic rings.